The lowest BCUT2D eigenvalue weighted by Crippen LogP contribution is -2.00. The Hall–Kier alpha value is -1.45. The quantitative estimate of drug-likeness (QED) is 0.611. The lowest BCUT2D eigenvalue weighted by atomic mass is 10.2. The third-order valence-electron chi connectivity index (χ3n) is 1.46. The van der Waals surface area contributed by atoms with Gasteiger partial charge in [-0.15, -0.1) is 4.89 Å². The molecular formula is C8H8O5P+. The van der Waals surface area contributed by atoms with Gasteiger partial charge in [-0.3, -0.25) is 0 Å². The minimum absolute atomic E-state index is 0.223. The zero-order valence-corrected chi connectivity index (χ0v) is 8.23. The van der Waals surface area contributed by atoms with Crippen molar-refractivity contribution in [2.45, 2.75) is 0 Å². The van der Waals surface area contributed by atoms with Crippen molar-refractivity contribution in [3.63, 3.8) is 0 Å². The topological polar surface area (TPSA) is 72.8 Å². The van der Waals surface area contributed by atoms with Crippen LogP contribution in [0.25, 0.3) is 0 Å². The summed E-state index contributed by atoms with van der Waals surface area (Å²) < 4.78 is 19.2. The number of esters is 1. The molecule has 0 radical (unpaired) electrons. The summed E-state index contributed by atoms with van der Waals surface area (Å²) in [6.45, 7) is 0. The molecule has 0 spiro atoms. The van der Waals surface area contributed by atoms with E-state index in [0.717, 1.165) is 0 Å². The van der Waals surface area contributed by atoms with Gasteiger partial charge >= 0.3 is 14.2 Å². The van der Waals surface area contributed by atoms with Crippen LogP contribution >= 0.6 is 8.25 Å². The molecule has 0 aliphatic rings. The molecule has 1 aromatic carbocycles. The average Bonchev–Trinajstić information content (AvgIpc) is 2.17. The van der Waals surface area contributed by atoms with Gasteiger partial charge in [0.05, 0.1) is 12.7 Å². The molecule has 74 valence electrons. The van der Waals surface area contributed by atoms with Crippen molar-refractivity contribution >= 4 is 14.2 Å². The largest absolute Gasteiger partial charge is 0.747 e. The van der Waals surface area contributed by atoms with Gasteiger partial charge in [0.2, 0.25) is 0 Å². The lowest BCUT2D eigenvalue weighted by Gasteiger charge is -1.97. The molecule has 1 N–H and O–H groups in total. The first-order valence-electron chi connectivity index (χ1n) is 3.66. The predicted octanol–water partition coefficient (Wildman–Crippen LogP) is 1.50. The number of hydrogen-bond acceptors (Lipinski definition) is 4. The van der Waals surface area contributed by atoms with Crippen molar-refractivity contribution in [2.75, 3.05) is 7.11 Å². The van der Waals surface area contributed by atoms with Crippen molar-refractivity contribution < 1.29 is 23.5 Å². The van der Waals surface area contributed by atoms with E-state index in [4.69, 9.17) is 4.89 Å². The van der Waals surface area contributed by atoms with E-state index in [2.05, 4.69) is 9.26 Å². The third-order valence-corrected chi connectivity index (χ3v) is 1.83. The lowest BCUT2D eigenvalue weighted by molar-refractivity contribution is 0.0601. The van der Waals surface area contributed by atoms with Crippen LogP contribution in [0.3, 0.4) is 0 Å². The second-order valence-corrected chi connectivity index (χ2v) is 3.00. The van der Waals surface area contributed by atoms with Crippen molar-refractivity contribution in [2.24, 2.45) is 0 Å². The maximum absolute atomic E-state index is 11.0. The van der Waals surface area contributed by atoms with Crippen LogP contribution in [0.1, 0.15) is 10.4 Å². The molecule has 1 atom stereocenters. The third kappa shape index (κ3) is 2.80. The maximum Gasteiger partial charge on any atom is 0.747 e. The molecule has 0 bridgehead atoms. The molecule has 0 fully saturated rings. The number of hydrogen-bond donors (Lipinski definition) is 1. The number of carbonyl (C=O) groups excluding carboxylic acids is 1. The van der Waals surface area contributed by atoms with Gasteiger partial charge in [-0.2, -0.15) is 0 Å². The van der Waals surface area contributed by atoms with Crippen molar-refractivity contribution in [3.05, 3.63) is 29.8 Å². The smallest absolute Gasteiger partial charge is 0.465 e. The summed E-state index contributed by atoms with van der Waals surface area (Å²) in [4.78, 5) is 19.4. The first-order valence-corrected chi connectivity index (χ1v) is 4.79. The van der Waals surface area contributed by atoms with Crippen LogP contribution in [0.2, 0.25) is 0 Å². The molecule has 0 heterocycles. The van der Waals surface area contributed by atoms with Crippen LogP contribution < -0.4 is 4.52 Å². The van der Waals surface area contributed by atoms with E-state index < -0.39 is 14.2 Å². The van der Waals surface area contributed by atoms with Gasteiger partial charge in [0, 0.05) is 4.57 Å². The number of methoxy groups -OCH3 is 1. The summed E-state index contributed by atoms with van der Waals surface area (Å²) in [5.41, 5.74) is 0.355. The summed E-state index contributed by atoms with van der Waals surface area (Å²) in [6, 6.07) is 5.71. The van der Waals surface area contributed by atoms with Crippen molar-refractivity contribution in [1.29, 1.82) is 0 Å². The van der Waals surface area contributed by atoms with E-state index in [1.54, 1.807) is 0 Å². The molecule has 5 nitrogen and oxygen atoms in total. The standard InChI is InChI=1S/C8H7O5P/c1-12-8(9)6-2-4-7(5-3-6)13-14(10)11/h2-5H,1H3/p+1. The molecule has 1 aromatic rings. The summed E-state index contributed by atoms with van der Waals surface area (Å²) in [5, 5.41) is 0. The average molecular weight is 215 g/mol. The molecule has 1 unspecified atom stereocenters. The van der Waals surface area contributed by atoms with Gasteiger partial charge in [0.15, 0.2) is 5.75 Å². The molecule has 0 aliphatic carbocycles. The summed E-state index contributed by atoms with van der Waals surface area (Å²) in [7, 11) is -1.40. The maximum atomic E-state index is 11.0. The normalized spacial score (nSPS) is 10.6. The SMILES string of the molecule is COC(=O)c1ccc(O[P+](=O)O)cc1. The van der Waals surface area contributed by atoms with Gasteiger partial charge in [-0.05, 0) is 24.3 Å². The molecule has 0 aromatic heterocycles. The van der Waals surface area contributed by atoms with E-state index >= 15 is 0 Å². The minimum atomic E-state index is -2.67. The van der Waals surface area contributed by atoms with Crippen LogP contribution in [0.4, 0.5) is 0 Å². The fourth-order valence-corrected chi connectivity index (χ4v) is 1.16. The minimum Gasteiger partial charge on any atom is -0.465 e. The van der Waals surface area contributed by atoms with Gasteiger partial charge in [0.25, 0.3) is 0 Å². The zero-order chi connectivity index (χ0) is 10.6. The molecule has 0 amide bonds. The van der Waals surface area contributed by atoms with Gasteiger partial charge < -0.3 is 4.74 Å². The molecule has 1 rings (SSSR count). The molecule has 14 heavy (non-hydrogen) atoms. The Kier molecular flexibility index (Phi) is 3.56. The second kappa shape index (κ2) is 4.69. The number of ether oxygens (including phenoxy) is 1. The van der Waals surface area contributed by atoms with E-state index in [9.17, 15) is 9.36 Å². The first-order chi connectivity index (χ1) is 6.63. The van der Waals surface area contributed by atoms with Gasteiger partial charge in [-0.25, -0.2) is 9.32 Å². The van der Waals surface area contributed by atoms with Crippen LogP contribution in [-0.4, -0.2) is 18.0 Å². The Morgan fingerprint density at radius 2 is 1.93 bits per heavy atom. The Morgan fingerprint density at radius 3 is 2.36 bits per heavy atom. The van der Waals surface area contributed by atoms with E-state index in [-0.39, 0.29) is 5.75 Å². The highest BCUT2D eigenvalue weighted by Crippen LogP contribution is 2.22. The van der Waals surface area contributed by atoms with E-state index in [1.807, 2.05) is 0 Å². The fourth-order valence-electron chi connectivity index (χ4n) is 0.860. The number of carbonyl (C=O) groups is 1. The van der Waals surface area contributed by atoms with Crippen molar-refractivity contribution in [3.8, 4) is 5.75 Å². The monoisotopic (exact) mass is 215 g/mol. The Balaban J connectivity index is 2.78. The van der Waals surface area contributed by atoms with Crippen molar-refractivity contribution in [1.82, 2.24) is 0 Å². The Bertz CT molecular complexity index is 345. The van der Waals surface area contributed by atoms with E-state index in [1.165, 1.54) is 31.4 Å². The zero-order valence-electron chi connectivity index (χ0n) is 7.34. The van der Waals surface area contributed by atoms with Crippen LogP contribution in [-0.2, 0) is 9.30 Å². The summed E-state index contributed by atoms with van der Waals surface area (Å²) in [6.07, 6.45) is 0. The molecule has 0 saturated carbocycles. The van der Waals surface area contributed by atoms with Gasteiger partial charge in [0.1, 0.15) is 0 Å². The predicted molar refractivity (Wildman–Crippen MR) is 48.2 cm³/mol. The summed E-state index contributed by atoms with van der Waals surface area (Å²) >= 11 is 0. The second-order valence-electron chi connectivity index (χ2n) is 2.35. The Labute approximate surface area is 81.2 Å². The number of rotatable bonds is 3. The first kappa shape index (κ1) is 10.6. The Morgan fingerprint density at radius 1 is 1.36 bits per heavy atom. The van der Waals surface area contributed by atoms with Crippen LogP contribution in [0, 0.1) is 0 Å². The summed E-state index contributed by atoms with van der Waals surface area (Å²) in [5.74, 6) is -0.244. The highest BCUT2D eigenvalue weighted by molar-refractivity contribution is 7.32. The molecule has 0 aliphatic heterocycles. The van der Waals surface area contributed by atoms with Crippen LogP contribution in [0.15, 0.2) is 24.3 Å². The molecule has 0 saturated heterocycles. The number of benzene rings is 1. The molecule has 6 heteroatoms. The molecular weight excluding hydrogens is 207 g/mol. The highest BCUT2D eigenvalue weighted by Gasteiger charge is 2.14. The van der Waals surface area contributed by atoms with E-state index in [0.29, 0.717) is 5.56 Å². The highest BCUT2D eigenvalue weighted by atomic mass is 31.1. The van der Waals surface area contributed by atoms with Crippen LogP contribution in [0.5, 0.6) is 5.75 Å². The van der Waals surface area contributed by atoms with Gasteiger partial charge in [-0.1, -0.05) is 0 Å². The fraction of sp³-hybridized carbons (Fsp3) is 0.125.